The largest absolute Gasteiger partial charge is 1.00 e. The number of hydrogen-bond donors (Lipinski definition) is 3. The van der Waals surface area contributed by atoms with Crippen molar-refractivity contribution in [1.82, 2.24) is 15.0 Å². The molecule has 0 aliphatic rings. The van der Waals surface area contributed by atoms with E-state index in [2.05, 4.69) is 45.2 Å². The molecule has 1 aromatic heterocycles. The van der Waals surface area contributed by atoms with Crippen LogP contribution in [-0.4, -0.2) is 104 Å². The fraction of sp³-hybridized carbons (Fsp3) is 0.0938. The zero-order valence-electron chi connectivity index (χ0n) is 33.6. The Hall–Kier alpha value is -2.72. The van der Waals surface area contributed by atoms with E-state index >= 15 is 0 Å². The van der Waals surface area contributed by atoms with Crippen molar-refractivity contribution in [2.24, 2.45) is 15.3 Å². The number of carboxylic acid groups (broad SMARTS) is 1. The summed E-state index contributed by atoms with van der Waals surface area (Å²) in [4.78, 5) is 23.0. The number of halogens is 1. The Morgan fingerprint density at radius 3 is 2.06 bits per heavy atom. The van der Waals surface area contributed by atoms with Crippen LogP contribution in [0, 0.1) is 0 Å². The minimum Gasteiger partial charge on any atom is -0.744 e. The van der Waals surface area contributed by atoms with Gasteiger partial charge in [-0.2, -0.15) is 15.0 Å². The van der Waals surface area contributed by atoms with Crippen molar-refractivity contribution in [3.05, 3.63) is 107 Å². The van der Waals surface area contributed by atoms with Crippen LogP contribution in [-0.2, 0) is 61.7 Å². The maximum atomic E-state index is 12.8. The van der Waals surface area contributed by atoms with Crippen LogP contribution in [0.1, 0.15) is 15.9 Å². The maximum Gasteiger partial charge on any atom is 1.00 e. The summed E-state index contributed by atoms with van der Waals surface area (Å²) < 4.78 is 133. The Balaban J connectivity index is 0.00000528. The van der Waals surface area contributed by atoms with Crippen LogP contribution in [0.15, 0.2) is 115 Å². The number of carboxylic acids is 1. The summed E-state index contributed by atoms with van der Waals surface area (Å²) in [5.41, 5.74) is 2.20. The molecule has 1 heterocycles. The number of amidine groups is 1. The second-order valence-electron chi connectivity index (χ2n) is 11.8. The summed E-state index contributed by atoms with van der Waals surface area (Å²) in [7, 11) is -18.2. The number of sulfone groups is 1. The molecule has 0 bridgehead atoms. The third kappa shape index (κ3) is 17.1. The van der Waals surface area contributed by atoms with E-state index in [0.717, 1.165) is 30.3 Å². The smallest absolute Gasteiger partial charge is 0.744 e. The van der Waals surface area contributed by atoms with Gasteiger partial charge in [0, 0.05) is 23.9 Å². The van der Waals surface area contributed by atoms with Gasteiger partial charge in [-0.25, -0.2) is 38.5 Å². The van der Waals surface area contributed by atoms with Gasteiger partial charge in [0.1, 0.15) is 25.9 Å². The molecule has 0 unspecified atom stereocenters. The van der Waals surface area contributed by atoms with Crippen molar-refractivity contribution >= 4 is 98.5 Å². The van der Waals surface area contributed by atoms with Crippen LogP contribution in [0.25, 0.3) is 5.43 Å². The molecule has 0 fully saturated rings. The zero-order chi connectivity index (χ0) is 44.9. The van der Waals surface area contributed by atoms with Crippen LogP contribution in [0.4, 0.5) is 34.6 Å². The fourth-order valence-electron chi connectivity index (χ4n) is 4.79. The molecule has 5 rings (SSSR count). The molecule has 33 heteroatoms. The predicted molar refractivity (Wildman–Crippen MR) is 208 cm³/mol. The van der Waals surface area contributed by atoms with E-state index in [1.807, 2.05) is 0 Å². The van der Waals surface area contributed by atoms with Gasteiger partial charge in [0.05, 0.1) is 32.7 Å². The summed E-state index contributed by atoms with van der Waals surface area (Å²) in [5, 5.41) is 34.3. The number of hydrogen-bond acceptors (Lipinski definition) is 21. The number of aromatic nitrogens is 3. The Kier molecular flexibility index (Phi) is 23.2. The number of azo groups is 1. The van der Waals surface area contributed by atoms with Gasteiger partial charge < -0.3 is 44.6 Å². The zero-order valence-corrected chi connectivity index (χ0v) is 44.6. The fourth-order valence-corrected chi connectivity index (χ4v) is 7.45. The van der Waals surface area contributed by atoms with Crippen molar-refractivity contribution in [1.29, 1.82) is 0 Å². The number of carbonyl (C=O) groups is 1. The molecule has 24 nitrogen and oxygen atoms in total. The number of aromatic hydroxyl groups is 1. The first-order valence-electron chi connectivity index (χ1n) is 16.2. The van der Waals surface area contributed by atoms with Crippen LogP contribution in [0.2, 0.25) is 5.28 Å². The predicted octanol–water partition coefficient (Wildman–Crippen LogP) is -5.34. The van der Waals surface area contributed by atoms with Gasteiger partial charge in [0.25, 0.3) is 0 Å². The minimum atomic E-state index is -5.30. The van der Waals surface area contributed by atoms with Crippen molar-refractivity contribution in [3.63, 3.8) is 0 Å². The number of aromatic carboxylic acids is 1. The normalized spacial score (nSPS) is 11.9. The summed E-state index contributed by atoms with van der Waals surface area (Å²) in [6, 6.07) is 15.7. The van der Waals surface area contributed by atoms with Gasteiger partial charge in [-0.05, 0) is 72.3 Å². The quantitative estimate of drug-likeness (QED) is 0.0121. The van der Waals surface area contributed by atoms with E-state index in [1.165, 1.54) is 54.4 Å². The Bertz CT molecular complexity index is 3050. The van der Waals surface area contributed by atoms with Gasteiger partial charge in [0.15, 0.2) is 21.4 Å². The van der Waals surface area contributed by atoms with Gasteiger partial charge in [-0.3, -0.25) is 4.18 Å². The number of rotatable bonds is 16. The molecule has 0 amide bonds. The SMILES string of the molecule is CN(c1cccc(S(=O)(=O)CCOS(=O)(=O)[O-])c1)c1nc(Cl)nc(Nc2cc(S(=O)(=O)[O-])cc(N=N/C(=N\[N-]c3ccccc3C(=O)O)c3ccc(S(=O)(=O)[O-])cc3)c2O)n1.[Cu+].[Na+].[Na+].[Na+]. The number of phenols is 1. The summed E-state index contributed by atoms with van der Waals surface area (Å²) in [6.07, 6.45) is 0. The molecule has 4 aromatic carbocycles. The van der Waals surface area contributed by atoms with Crippen LogP contribution in [0.5, 0.6) is 5.75 Å². The molecule has 0 aliphatic carbocycles. The standard InChI is InChI=1S/C32H28ClN9O15S4.Cu.3Na/c1-42(19-5-4-6-21(15-19)58(46,47)14-13-57-61(54,55)56)32-36-30(33)35-31(37-32)34-25-16-22(60(51,52)53)17-26(27(25)43)39-41-28(18-9-11-20(12-10-18)59(48,49)50)40-38-24-8-3-2-7-23(24)29(44)45;;;;/h2-12,15-17H,13-14H2,1H3,(H7,34,35,36,37,38,39,40,41,43,44,45,48,49,50,51,52,53,54,55,56);;;;/q;4*+1/p-4. The van der Waals surface area contributed by atoms with E-state index < -0.39 is 103 Å². The van der Waals surface area contributed by atoms with Crippen molar-refractivity contribution in [2.45, 2.75) is 14.7 Å². The molecule has 332 valence electrons. The Labute approximate surface area is 452 Å². The average Bonchev–Trinajstić information content (AvgIpc) is 3.17. The molecular formula is C32H24ClCuN9Na3O15S4. The third-order valence-corrected chi connectivity index (χ3v) is 11.6. The molecule has 0 radical (unpaired) electrons. The number of anilines is 4. The third-order valence-electron chi connectivity index (χ3n) is 7.68. The summed E-state index contributed by atoms with van der Waals surface area (Å²) in [5.74, 6) is -4.37. The van der Waals surface area contributed by atoms with Gasteiger partial charge in [-0.1, -0.05) is 24.3 Å². The topological polar surface area (TPSA) is 378 Å². The number of phenolic OH excluding ortho intramolecular Hbond substituents is 1. The first kappa shape index (κ1) is 60.3. The van der Waals surface area contributed by atoms with Gasteiger partial charge >= 0.3 is 112 Å². The van der Waals surface area contributed by atoms with Gasteiger partial charge in [0.2, 0.25) is 27.6 Å². The van der Waals surface area contributed by atoms with Crippen molar-refractivity contribution in [3.8, 4) is 5.75 Å². The van der Waals surface area contributed by atoms with Crippen LogP contribution >= 0.6 is 11.6 Å². The monoisotopic (exact) mass is 1070 g/mol. The molecule has 5 aromatic rings. The van der Waals surface area contributed by atoms with Crippen molar-refractivity contribution in [2.75, 3.05) is 29.6 Å². The second kappa shape index (κ2) is 25.1. The molecule has 0 saturated carbocycles. The minimum absolute atomic E-state index is 0. The molecule has 65 heavy (non-hydrogen) atoms. The average molecular weight is 1070 g/mol. The van der Waals surface area contributed by atoms with Crippen LogP contribution in [0.3, 0.4) is 0 Å². The van der Waals surface area contributed by atoms with Gasteiger partial charge in [-0.15, -0.1) is 15.9 Å². The Morgan fingerprint density at radius 2 is 1.46 bits per heavy atom. The Morgan fingerprint density at radius 1 is 0.831 bits per heavy atom. The molecule has 0 saturated heterocycles. The molecule has 3 N–H and O–H groups in total. The first-order chi connectivity index (χ1) is 28.4. The maximum absolute atomic E-state index is 12.8. The number of benzene rings is 4. The number of nitrogens with zero attached hydrogens (tertiary/aromatic N) is 8. The molecule has 0 aliphatic heterocycles. The van der Waals surface area contributed by atoms with E-state index in [1.54, 1.807) is 0 Å². The molecule has 0 atom stereocenters. The van der Waals surface area contributed by atoms with E-state index in [-0.39, 0.29) is 139 Å². The van der Waals surface area contributed by atoms with Crippen LogP contribution < -0.4 is 98.9 Å². The first-order valence-corrected chi connectivity index (χ1v) is 22.4. The molecule has 0 spiro atoms. The summed E-state index contributed by atoms with van der Waals surface area (Å²) >= 11 is 6.14. The second-order valence-corrected chi connectivity index (χ2v) is 18.0. The van der Waals surface area contributed by atoms with E-state index in [4.69, 9.17) is 11.6 Å². The van der Waals surface area contributed by atoms with E-state index in [9.17, 15) is 62.3 Å². The van der Waals surface area contributed by atoms with Crippen molar-refractivity contribution < 1.29 is 172 Å². The van der Waals surface area contributed by atoms with E-state index in [0.29, 0.717) is 12.1 Å². The number of nitrogens with one attached hydrogen (secondary N) is 1. The summed E-state index contributed by atoms with van der Waals surface area (Å²) in [6.45, 7) is -0.948. The molecular weight excluding hydrogens is 1050 g/mol.